The van der Waals surface area contributed by atoms with Gasteiger partial charge in [0.05, 0.1) is 23.5 Å². The number of hydrogen-bond acceptors (Lipinski definition) is 6. The molecule has 8 heteroatoms. The summed E-state index contributed by atoms with van der Waals surface area (Å²) in [5, 5.41) is 23.0. The molecule has 7 nitrogen and oxygen atoms in total. The number of carbonyl (C=O) groups is 1. The number of benzene rings is 1. The molecule has 1 aliphatic heterocycles. The maximum atomic E-state index is 14.8. The third-order valence-corrected chi connectivity index (χ3v) is 8.62. The normalized spacial score (nSPS) is 16.0. The highest BCUT2D eigenvalue weighted by Gasteiger charge is 2.23. The third-order valence-electron chi connectivity index (χ3n) is 8.62. The van der Waals surface area contributed by atoms with Gasteiger partial charge < -0.3 is 5.11 Å². The van der Waals surface area contributed by atoms with Crippen LogP contribution in [0, 0.1) is 11.3 Å². The summed E-state index contributed by atoms with van der Waals surface area (Å²) in [5.41, 5.74) is 6.41. The molecule has 2 unspecified atom stereocenters. The minimum Gasteiger partial charge on any atom is -0.396 e. The second-order valence-corrected chi connectivity index (χ2v) is 11.4. The van der Waals surface area contributed by atoms with Crippen LogP contribution in [-0.2, 0) is 25.8 Å². The van der Waals surface area contributed by atoms with Gasteiger partial charge >= 0.3 is 0 Å². The molecule has 45 heavy (non-hydrogen) atoms. The number of rotatable bonds is 16. The summed E-state index contributed by atoms with van der Waals surface area (Å²) in [4.78, 5) is 19.6. The van der Waals surface area contributed by atoms with Crippen LogP contribution < -0.4 is 0 Å². The monoisotopic (exact) mass is 613 g/mol. The zero-order valence-electron chi connectivity index (χ0n) is 27.3. The molecule has 0 saturated heterocycles. The summed E-state index contributed by atoms with van der Waals surface area (Å²) in [6.07, 6.45) is 15.7. The van der Waals surface area contributed by atoms with Crippen LogP contribution in [0.1, 0.15) is 86.1 Å². The van der Waals surface area contributed by atoms with Gasteiger partial charge in [0.25, 0.3) is 5.78 Å². The van der Waals surface area contributed by atoms with Crippen molar-refractivity contribution in [2.45, 2.75) is 91.3 Å². The topological polar surface area (TPSA) is 94.5 Å². The molecule has 1 aromatic heterocycles. The van der Waals surface area contributed by atoms with Gasteiger partial charge in [0.1, 0.15) is 18.6 Å². The van der Waals surface area contributed by atoms with Crippen LogP contribution in [0.4, 0.5) is 4.39 Å². The van der Waals surface area contributed by atoms with Crippen molar-refractivity contribution in [2.75, 3.05) is 19.8 Å². The highest BCUT2D eigenvalue weighted by molar-refractivity contribution is 6.09. The SMILES string of the molecule is C=C/C=C\C/C(=C(\CF)CCc1ccc2c(c1)CCN(C(CC)CCO)C2)C(C)/N=C(\C=C/C)n1ncc(C(=O)C#N)c1CC. The molecule has 2 atom stereocenters. The highest BCUT2D eigenvalue weighted by atomic mass is 19.1. The van der Waals surface area contributed by atoms with Gasteiger partial charge in [0.2, 0.25) is 0 Å². The summed E-state index contributed by atoms with van der Waals surface area (Å²) in [5.74, 6) is -0.109. The average molecular weight is 614 g/mol. The molecule has 0 spiro atoms. The Morgan fingerprint density at radius 2 is 2.11 bits per heavy atom. The minimum atomic E-state index is -0.632. The van der Waals surface area contributed by atoms with Crippen molar-refractivity contribution in [3.05, 3.63) is 100 Å². The van der Waals surface area contributed by atoms with Crippen LogP contribution in [0.3, 0.4) is 0 Å². The lowest BCUT2D eigenvalue weighted by Crippen LogP contribution is -2.39. The Hall–Kier alpha value is -3.93. The molecule has 1 aliphatic rings. The van der Waals surface area contributed by atoms with Crippen molar-refractivity contribution < 1.29 is 14.3 Å². The Balaban J connectivity index is 1.90. The summed E-state index contributed by atoms with van der Waals surface area (Å²) < 4.78 is 16.4. The summed E-state index contributed by atoms with van der Waals surface area (Å²) >= 11 is 0. The number of ketones is 1. The molecule has 3 rings (SSSR count). The fourth-order valence-electron chi connectivity index (χ4n) is 6.15. The molecule has 240 valence electrons. The number of aromatic nitrogens is 2. The molecule has 0 amide bonds. The first-order valence-corrected chi connectivity index (χ1v) is 16.1. The molecule has 2 aromatic rings. The first-order valence-electron chi connectivity index (χ1n) is 16.1. The zero-order chi connectivity index (χ0) is 32.8. The number of aryl methyl sites for hydroxylation is 1. The van der Waals surface area contributed by atoms with Crippen molar-refractivity contribution in [3.8, 4) is 6.07 Å². The molecule has 0 bridgehead atoms. The fourth-order valence-corrected chi connectivity index (χ4v) is 6.15. The molecule has 0 radical (unpaired) electrons. The average Bonchev–Trinajstić information content (AvgIpc) is 3.50. The zero-order valence-corrected chi connectivity index (χ0v) is 27.3. The third kappa shape index (κ3) is 9.29. The van der Waals surface area contributed by atoms with Crippen LogP contribution in [0.15, 0.2) is 77.5 Å². The molecule has 0 aliphatic carbocycles. The number of aliphatic hydroxyl groups excluding tert-OH is 1. The summed E-state index contributed by atoms with van der Waals surface area (Å²) in [7, 11) is 0. The predicted octanol–water partition coefficient (Wildman–Crippen LogP) is 6.91. The largest absolute Gasteiger partial charge is 0.396 e. The molecule has 2 heterocycles. The van der Waals surface area contributed by atoms with Gasteiger partial charge in [0.15, 0.2) is 0 Å². The number of fused-ring (bicyclic) bond motifs is 1. The Morgan fingerprint density at radius 1 is 1.31 bits per heavy atom. The first-order chi connectivity index (χ1) is 21.8. The molecule has 0 saturated carbocycles. The predicted molar refractivity (Wildman–Crippen MR) is 180 cm³/mol. The Bertz CT molecular complexity index is 1480. The van der Waals surface area contributed by atoms with Crippen LogP contribution >= 0.6 is 0 Å². The number of nitriles is 1. The lowest BCUT2D eigenvalue weighted by Gasteiger charge is -2.35. The number of allylic oxidation sites excluding steroid dienone is 6. The van der Waals surface area contributed by atoms with Gasteiger partial charge in [-0.15, -0.1) is 0 Å². The molecular weight excluding hydrogens is 565 g/mol. The Kier molecular flexibility index (Phi) is 14.3. The minimum absolute atomic E-state index is 0.213. The van der Waals surface area contributed by atoms with Crippen LogP contribution in [-0.4, -0.2) is 63.3 Å². The number of aliphatic imine (C=N–C) groups is 1. The quantitative estimate of drug-likeness (QED) is 0.0554. The molecule has 1 aromatic carbocycles. The molecular formula is C37H48FN5O2. The van der Waals surface area contributed by atoms with Gasteiger partial charge in [-0.2, -0.15) is 10.4 Å². The van der Waals surface area contributed by atoms with Gasteiger partial charge in [-0.05, 0) is 92.7 Å². The van der Waals surface area contributed by atoms with Crippen molar-refractivity contribution >= 4 is 11.6 Å². The Labute approximate surface area is 268 Å². The Morgan fingerprint density at radius 3 is 2.76 bits per heavy atom. The summed E-state index contributed by atoms with van der Waals surface area (Å²) in [6, 6.07) is 8.38. The number of hydrogen-bond donors (Lipinski definition) is 1. The van der Waals surface area contributed by atoms with E-state index in [9.17, 15) is 19.6 Å². The van der Waals surface area contributed by atoms with E-state index in [2.05, 4.69) is 41.7 Å². The number of Topliss-reactive ketones (excluding diaryl/α,β-unsaturated/α-hetero) is 1. The van der Waals surface area contributed by atoms with Crippen molar-refractivity contribution in [3.63, 3.8) is 0 Å². The lowest BCUT2D eigenvalue weighted by atomic mass is 9.91. The highest BCUT2D eigenvalue weighted by Crippen LogP contribution is 2.27. The smallest absolute Gasteiger partial charge is 0.265 e. The lowest BCUT2D eigenvalue weighted by molar-refractivity contribution is 0.105. The van der Waals surface area contributed by atoms with Gasteiger partial charge in [-0.25, -0.2) is 9.07 Å². The molecule has 1 N–H and O–H groups in total. The van der Waals surface area contributed by atoms with E-state index in [-0.39, 0.29) is 18.2 Å². The number of carbonyl (C=O) groups excluding carboxylic acids is 1. The first kappa shape index (κ1) is 35.5. The number of nitrogens with zero attached hydrogens (tertiary/aromatic N) is 5. The molecule has 0 fully saturated rings. The standard InChI is InChI=1S/C37H48FN5O2/c1-6-10-11-13-33(27(5)41-37(12-7-2)43-35(9-4)34(25-40-43)36(45)24-39)30(23-38)16-14-28-15-17-31-26-42(20-18-29(31)22-28)32(8-3)19-21-44/h6-7,10-12,15,17,22,25,27,32,44H,1,8-9,13-14,16,18-21,23,26H2,2-5H3/b11-10-,12-7-,33-30+,41-37+. The second kappa shape index (κ2) is 18.1. The van der Waals surface area contributed by atoms with E-state index in [1.54, 1.807) is 16.8 Å². The maximum absolute atomic E-state index is 14.8. The van der Waals surface area contributed by atoms with E-state index >= 15 is 0 Å². The van der Waals surface area contributed by atoms with E-state index in [1.165, 1.54) is 22.9 Å². The van der Waals surface area contributed by atoms with Crippen LogP contribution in [0.25, 0.3) is 0 Å². The van der Waals surface area contributed by atoms with E-state index in [0.29, 0.717) is 36.8 Å². The van der Waals surface area contributed by atoms with E-state index in [4.69, 9.17) is 4.99 Å². The number of halogens is 1. The maximum Gasteiger partial charge on any atom is 0.265 e. The van der Waals surface area contributed by atoms with Crippen LogP contribution in [0.5, 0.6) is 0 Å². The van der Waals surface area contributed by atoms with Gasteiger partial charge in [-0.1, -0.05) is 62.9 Å². The van der Waals surface area contributed by atoms with E-state index in [1.807, 2.05) is 45.1 Å². The van der Waals surface area contributed by atoms with E-state index in [0.717, 1.165) is 49.9 Å². The van der Waals surface area contributed by atoms with E-state index < -0.39 is 12.5 Å². The van der Waals surface area contributed by atoms with Crippen molar-refractivity contribution in [1.29, 1.82) is 5.26 Å². The van der Waals surface area contributed by atoms with Gasteiger partial charge in [0, 0.05) is 25.7 Å². The van der Waals surface area contributed by atoms with Crippen molar-refractivity contribution in [2.24, 2.45) is 4.99 Å². The van der Waals surface area contributed by atoms with Crippen molar-refractivity contribution in [1.82, 2.24) is 14.7 Å². The number of aliphatic hydroxyl groups is 1. The fraction of sp³-hybridized carbons (Fsp3) is 0.459. The second-order valence-electron chi connectivity index (χ2n) is 11.4. The van der Waals surface area contributed by atoms with Gasteiger partial charge in [-0.3, -0.25) is 14.7 Å². The summed E-state index contributed by atoms with van der Waals surface area (Å²) in [6.45, 7) is 13.2. The van der Waals surface area contributed by atoms with Crippen LogP contribution in [0.2, 0.25) is 0 Å². The number of alkyl halides is 1.